The van der Waals surface area contributed by atoms with Crippen LogP contribution in [0.15, 0.2) is 54.6 Å². The summed E-state index contributed by atoms with van der Waals surface area (Å²) in [7, 11) is 0. The van der Waals surface area contributed by atoms with E-state index in [2.05, 4.69) is 0 Å². The second-order valence-electron chi connectivity index (χ2n) is 7.62. The molecule has 0 aromatic heterocycles. The molecule has 156 valence electrons. The minimum absolute atomic E-state index is 0.0529. The first kappa shape index (κ1) is 21.7. The second kappa shape index (κ2) is 9.69. The lowest BCUT2D eigenvalue weighted by Crippen LogP contribution is -2.52. The Hall–Kier alpha value is -1.96. The van der Waals surface area contributed by atoms with Crippen LogP contribution in [0.5, 0.6) is 0 Å². The lowest BCUT2D eigenvalue weighted by atomic mass is 9.99. The van der Waals surface area contributed by atoms with Gasteiger partial charge in [-0.3, -0.25) is 9.69 Å². The molecule has 3 N–H and O–H groups in total. The molecule has 2 atom stereocenters. The van der Waals surface area contributed by atoms with Crippen molar-refractivity contribution in [1.82, 2.24) is 9.80 Å². The first-order valence-electron chi connectivity index (χ1n) is 9.69. The Labute approximate surface area is 175 Å². The van der Waals surface area contributed by atoms with E-state index in [1.165, 1.54) is 4.90 Å². The number of rotatable bonds is 8. The number of amides is 1. The van der Waals surface area contributed by atoms with Crippen LogP contribution in [0.2, 0.25) is 5.02 Å². The summed E-state index contributed by atoms with van der Waals surface area (Å²) in [6.45, 7) is 1.14. The molecule has 1 aliphatic heterocycles. The van der Waals surface area contributed by atoms with Gasteiger partial charge in [0.05, 0.1) is 19.6 Å². The monoisotopic (exact) mass is 418 g/mol. The SMILES string of the molecule is O=C(Cc1ccc(Cl)cc1)N1C[C@@H](O)[C@](O)(CN(CCO)Cc2ccccc2)C1. The van der Waals surface area contributed by atoms with E-state index in [9.17, 15) is 20.1 Å². The number of benzene rings is 2. The summed E-state index contributed by atoms with van der Waals surface area (Å²) in [6.07, 6.45) is -0.863. The highest BCUT2D eigenvalue weighted by molar-refractivity contribution is 6.30. The van der Waals surface area contributed by atoms with Gasteiger partial charge in [0.25, 0.3) is 0 Å². The Morgan fingerprint density at radius 2 is 1.83 bits per heavy atom. The van der Waals surface area contributed by atoms with E-state index >= 15 is 0 Å². The average molecular weight is 419 g/mol. The summed E-state index contributed by atoms with van der Waals surface area (Å²) in [6, 6.07) is 16.8. The standard InChI is InChI=1S/C22H27ClN2O4/c23-19-8-6-17(7-9-19)12-21(28)25-14-20(27)22(29,16-25)15-24(10-11-26)13-18-4-2-1-3-5-18/h1-9,20,26-27,29H,10-16H2/t20-,22+/m1/s1. The third-order valence-corrected chi connectivity index (χ3v) is 5.51. The van der Waals surface area contributed by atoms with Crippen LogP contribution < -0.4 is 0 Å². The number of nitrogens with zero attached hydrogens (tertiary/aromatic N) is 2. The maximum absolute atomic E-state index is 12.7. The molecule has 1 aliphatic rings. The zero-order valence-corrected chi connectivity index (χ0v) is 17.0. The van der Waals surface area contributed by atoms with Crippen LogP contribution in [-0.4, -0.2) is 75.5 Å². The zero-order valence-electron chi connectivity index (χ0n) is 16.2. The number of halogens is 1. The molecule has 0 radical (unpaired) electrons. The molecule has 2 aromatic carbocycles. The lowest BCUT2D eigenvalue weighted by Gasteiger charge is -2.33. The van der Waals surface area contributed by atoms with Gasteiger partial charge in [0.15, 0.2) is 0 Å². The molecule has 3 rings (SSSR count). The van der Waals surface area contributed by atoms with E-state index in [0.29, 0.717) is 18.1 Å². The van der Waals surface area contributed by atoms with Crippen LogP contribution in [0.1, 0.15) is 11.1 Å². The number of aliphatic hydroxyl groups is 3. The highest BCUT2D eigenvalue weighted by Crippen LogP contribution is 2.25. The van der Waals surface area contributed by atoms with E-state index < -0.39 is 11.7 Å². The predicted octanol–water partition coefficient (Wildman–Crippen LogP) is 1.31. The highest BCUT2D eigenvalue weighted by atomic mass is 35.5. The maximum atomic E-state index is 12.7. The number of β-amino-alcohol motifs (C(OH)–C–C–N with tert-alkyl or cyclic N) is 2. The van der Waals surface area contributed by atoms with Crippen molar-refractivity contribution < 1.29 is 20.1 Å². The van der Waals surface area contributed by atoms with Crippen LogP contribution in [0.4, 0.5) is 0 Å². The molecule has 6 nitrogen and oxygen atoms in total. The second-order valence-corrected chi connectivity index (χ2v) is 8.05. The molecule has 7 heteroatoms. The Morgan fingerprint density at radius 1 is 1.14 bits per heavy atom. The van der Waals surface area contributed by atoms with Gasteiger partial charge in [0, 0.05) is 31.2 Å². The Balaban J connectivity index is 1.63. The van der Waals surface area contributed by atoms with E-state index in [0.717, 1.165) is 11.1 Å². The number of hydrogen-bond acceptors (Lipinski definition) is 5. The van der Waals surface area contributed by atoms with Crippen molar-refractivity contribution in [2.75, 3.05) is 32.8 Å². The molecular formula is C22H27ClN2O4. The quantitative estimate of drug-likeness (QED) is 0.602. The van der Waals surface area contributed by atoms with Crippen molar-refractivity contribution >= 4 is 17.5 Å². The molecule has 29 heavy (non-hydrogen) atoms. The number of carbonyl (C=O) groups excluding carboxylic acids is 1. The van der Waals surface area contributed by atoms with Gasteiger partial charge in [-0.15, -0.1) is 0 Å². The summed E-state index contributed by atoms with van der Waals surface area (Å²) in [5.41, 5.74) is 0.433. The molecule has 0 saturated carbocycles. The van der Waals surface area contributed by atoms with Gasteiger partial charge in [0.2, 0.25) is 5.91 Å². The molecule has 2 aromatic rings. The van der Waals surface area contributed by atoms with Gasteiger partial charge in [-0.05, 0) is 23.3 Å². The number of hydrogen-bond donors (Lipinski definition) is 3. The average Bonchev–Trinajstić information content (AvgIpc) is 2.99. The largest absolute Gasteiger partial charge is 0.395 e. The molecule has 1 saturated heterocycles. The van der Waals surface area contributed by atoms with E-state index in [4.69, 9.17) is 11.6 Å². The van der Waals surface area contributed by atoms with Crippen molar-refractivity contribution in [3.05, 3.63) is 70.7 Å². The fourth-order valence-corrected chi connectivity index (χ4v) is 3.82. The van der Waals surface area contributed by atoms with Crippen molar-refractivity contribution in [2.24, 2.45) is 0 Å². The Bertz CT molecular complexity index is 802. The number of aliphatic hydroxyl groups excluding tert-OH is 2. The van der Waals surface area contributed by atoms with Crippen LogP contribution in [0.3, 0.4) is 0 Å². The van der Waals surface area contributed by atoms with E-state index in [1.807, 2.05) is 35.2 Å². The summed E-state index contributed by atoms with van der Waals surface area (Å²) in [4.78, 5) is 16.0. The Kier molecular flexibility index (Phi) is 7.27. The fourth-order valence-electron chi connectivity index (χ4n) is 3.70. The summed E-state index contributed by atoms with van der Waals surface area (Å²) in [5, 5.41) is 31.6. The topological polar surface area (TPSA) is 84.2 Å². The van der Waals surface area contributed by atoms with Crippen molar-refractivity contribution in [3.8, 4) is 0 Å². The summed E-state index contributed by atoms with van der Waals surface area (Å²) in [5.74, 6) is -0.154. The molecule has 0 spiro atoms. The summed E-state index contributed by atoms with van der Waals surface area (Å²) >= 11 is 5.88. The third-order valence-electron chi connectivity index (χ3n) is 5.26. The van der Waals surface area contributed by atoms with Gasteiger partial charge in [-0.2, -0.15) is 0 Å². The van der Waals surface area contributed by atoms with Gasteiger partial charge in [-0.1, -0.05) is 54.1 Å². The maximum Gasteiger partial charge on any atom is 0.227 e. The van der Waals surface area contributed by atoms with Gasteiger partial charge in [-0.25, -0.2) is 0 Å². The number of carbonyl (C=O) groups is 1. The smallest absolute Gasteiger partial charge is 0.227 e. The van der Waals surface area contributed by atoms with Crippen molar-refractivity contribution in [3.63, 3.8) is 0 Å². The zero-order chi connectivity index (χ0) is 20.9. The van der Waals surface area contributed by atoms with Crippen molar-refractivity contribution in [1.29, 1.82) is 0 Å². The lowest BCUT2D eigenvalue weighted by molar-refractivity contribution is -0.130. The molecule has 1 amide bonds. The summed E-state index contributed by atoms with van der Waals surface area (Å²) < 4.78 is 0. The van der Waals surface area contributed by atoms with Crippen LogP contribution in [0.25, 0.3) is 0 Å². The predicted molar refractivity (Wildman–Crippen MR) is 111 cm³/mol. The first-order chi connectivity index (χ1) is 13.9. The minimum Gasteiger partial charge on any atom is -0.395 e. The van der Waals surface area contributed by atoms with Gasteiger partial charge in [0.1, 0.15) is 11.7 Å². The van der Waals surface area contributed by atoms with Crippen LogP contribution in [0, 0.1) is 0 Å². The molecule has 1 fully saturated rings. The molecular weight excluding hydrogens is 392 g/mol. The van der Waals surface area contributed by atoms with E-state index in [-0.39, 0.29) is 38.6 Å². The minimum atomic E-state index is -1.44. The van der Waals surface area contributed by atoms with Gasteiger partial charge < -0.3 is 20.2 Å². The Morgan fingerprint density at radius 3 is 2.48 bits per heavy atom. The fraction of sp³-hybridized carbons (Fsp3) is 0.409. The van der Waals surface area contributed by atoms with Crippen LogP contribution in [-0.2, 0) is 17.8 Å². The van der Waals surface area contributed by atoms with Crippen LogP contribution >= 0.6 is 11.6 Å². The first-order valence-corrected chi connectivity index (χ1v) is 10.1. The third kappa shape index (κ3) is 5.78. The molecule has 0 unspecified atom stereocenters. The molecule has 1 heterocycles. The molecule has 0 aliphatic carbocycles. The van der Waals surface area contributed by atoms with Crippen molar-refractivity contribution in [2.45, 2.75) is 24.7 Å². The normalized spacial score (nSPS) is 21.7. The number of likely N-dealkylation sites (tertiary alicyclic amines) is 1. The van der Waals surface area contributed by atoms with Gasteiger partial charge >= 0.3 is 0 Å². The van der Waals surface area contributed by atoms with E-state index in [1.54, 1.807) is 24.3 Å². The molecule has 0 bridgehead atoms. The highest BCUT2D eigenvalue weighted by Gasteiger charge is 2.46.